The van der Waals surface area contributed by atoms with Crippen LogP contribution in [0.2, 0.25) is 0 Å². The molecule has 106 valence electrons. The lowest BCUT2D eigenvalue weighted by molar-refractivity contribution is -0.145. The van der Waals surface area contributed by atoms with E-state index in [4.69, 9.17) is 4.74 Å². The van der Waals surface area contributed by atoms with Crippen molar-refractivity contribution in [3.05, 3.63) is 35.9 Å². The molecule has 1 aromatic carbocycles. The summed E-state index contributed by atoms with van der Waals surface area (Å²) in [6.45, 7) is 0. The molecule has 0 radical (unpaired) electrons. The number of carbonyl (C=O) groups excluding carboxylic acids is 3. The Labute approximate surface area is 116 Å². The van der Waals surface area contributed by atoms with Gasteiger partial charge in [-0.05, 0) is 12.0 Å². The molecule has 2 atom stereocenters. The summed E-state index contributed by atoms with van der Waals surface area (Å²) < 4.78 is 4.71. The van der Waals surface area contributed by atoms with E-state index in [1.807, 2.05) is 6.07 Å². The van der Waals surface area contributed by atoms with Crippen molar-refractivity contribution in [2.45, 2.75) is 24.9 Å². The lowest BCUT2D eigenvalue weighted by Crippen LogP contribution is -2.45. The van der Waals surface area contributed by atoms with Gasteiger partial charge in [0.15, 0.2) is 6.04 Å². The highest BCUT2D eigenvalue weighted by molar-refractivity contribution is 5.93. The first-order chi connectivity index (χ1) is 9.61. The number of methoxy groups -OCH3 is 1. The molecule has 0 bridgehead atoms. The Balaban J connectivity index is 2.10. The van der Waals surface area contributed by atoms with E-state index in [2.05, 4.69) is 10.6 Å². The zero-order valence-corrected chi connectivity index (χ0v) is 11.1. The van der Waals surface area contributed by atoms with Gasteiger partial charge >= 0.3 is 5.97 Å². The molecule has 1 saturated heterocycles. The summed E-state index contributed by atoms with van der Waals surface area (Å²) in [7, 11) is 1.27. The molecule has 0 aliphatic carbocycles. The minimum Gasteiger partial charge on any atom is -0.467 e. The van der Waals surface area contributed by atoms with Gasteiger partial charge in [-0.15, -0.1) is 0 Å². The number of esters is 1. The Bertz CT molecular complexity index is 515. The van der Waals surface area contributed by atoms with Crippen LogP contribution in [-0.4, -0.2) is 30.9 Å². The standard InChI is InChI=1S/C14H16N2O4/c1-20-14(19)12(9-5-3-2-4-6-9)16-13(18)10-7-8-11(17)15-10/h2-6,10,12H,7-8H2,1H3,(H,15,17)(H,16,18)/t10-,12?/m0/s1. The maximum atomic E-state index is 12.1. The quantitative estimate of drug-likeness (QED) is 0.774. The first-order valence-corrected chi connectivity index (χ1v) is 6.34. The maximum Gasteiger partial charge on any atom is 0.333 e. The van der Waals surface area contributed by atoms with Gasteiger partial charge in [-0.25, -0.2) is 4.79 Å². The topological polar surface area (TPSA) is 84.5 Å². The second kappa shape index (κ2) is 6.18. The number of nitrogens with one attached hydrogen (secondary N) is 2. The second-order valence-electron chi connectivity index (χ2n) is 4.53. The van der Waals surface area contributed by atoms with Gasteiger partial charge in [0.05, 0.1) is 7.11 Å². The highest BCUT2D eigenvalue weighted by Crippen LogP contribution is 2.15. The third kappa shape index (κ3) is 3.14. The normalized spacial score (nSPS) is 19.1. The molecular formula is C14H16N2O4. The summed E-state index contributed by atoms with van der Waals surface area (Å²) in [6.07, 6.45) is 0.764. The van der Waals surface area contributed by atoms with Crippen LogP contribution in [0.4, 0.5) is 0 Å². The van der Waals surface area contributed by atoms with Crippen LogP contribution in [0.5, 0.6) is 0 Å². The third-order valence-corrected chi connectivity index (χ3v) is 3.17. The maximum absolute atomic E-state index is 12.1. The summed E-state index contributed by atoms with van der Waals surface area (Å²) in [5.41, 5.74) is 0.636. The van der Waals surface area contributed by atoms with E-state index < -0.39 is 18.1 Å². The lowest BCUT2D eigenvalue weighted by atomic mass is 10.1. The molecule has 0 spiro atoms. The Morgan fingerprint density at radius 3 is 2.60 bits per heavy atom. The fraction of sp³-hybridized carbons (Fsp3) is 0.357. The zero-order chi connectivity index (χ0) is 14.5. The minimum absolute atomic E-state index is 0.153. The van der Waals surface area contributed by atoms with Gasteiger partial charge in [0.2, 0.25) is 11.8 Å². The van der Waals surface area contributed by atoms with Crippen molar-refractivity contribution in [2.24, 2.45) is 0 Å². The van der Waals surface area contributed by atoms with E-state index in [1.54, 1.807) is 24.3 Å². The summed E-state index contributed by atoms with van der Waals surface area (Å²) in [5, 5.41) is 5.18. The molecule has 1 heterocycles. The fourth-order valence-corrected chi connectivity index (χ4v) is 2.10. The Morgan fingerprint density at radius 2 is 2.05 bits per heavy atom. The van der Waals surface area contributed by atoms with Crippen LogP contribution in [-0.2, 0) is 19.1 Å². The summed E-state index contributed by atoms with van der Waals surface area (Å²) >= 11 is 0. The Kier molecular flexibility index (Phi) is 4.34. The lowest BCUT2D eigenvalue weighted by Gasteiger charge is -2.19. The van der Waals surface area contributed by atoms with Gasteiger partial charge in [-0.3, -0.25) is 9.59 Å². The van der Waals surface area contributed by atoms with Gasteiger partial charge in [-0.2, -0.15) is 0 Å². The van der Waals surface area contributed by atoms with Crippen LogP contribution in [0.3, 0.4) is 0 Å². The number of rotatable bonds is 4. The van der Waals surface area contributed by atoms with Crippen LogP contribution in [0.15, 0.2) is 30.3 Å². The molecule has 1 unspecified atom stereocenters. The molecule has 0 saturated carbocycles. The number of benzene rings is 1. The van der Waals surface area contributed by atoms with Crippen molar-refractivity contribution < 1.29 is 19.1 Å². The summed E-state index contributed by atoms with van der Waals surface area (Å²) in [6, 6.07) is 7.37. The van der Waals surface area contributed by atoms with E-state index in [-0.39, 0.29) is 11.8 Å². The van der Waals surface area contributed by atoms with Gasteiger partial charge in [0, 0.05) is 6.42 Å². The zero-order valence-electron chi connectivity index (χ0n) is 11.1. The molecule has 2 amide bonds. The van der Waals surface area contributed by atoms with E-state index in [9.17, 15) is 14.4 Å². The molecule has 1 fully saturated rings. The Hall–Kier alpha value is -2.37. The average Bonchev–Trinajstić information content (AvgIpc) is 2.91. The highest BCUT2D eigenvalue weighted by Gasteiger charge is 2.31. The molecular weight excluding hydrogens is 260 g/mol. The van der Waals surface area contributed by atoms with Gasteiger partial charge in [0.25, 0.3) is 0 Å². The molecule has 1 aliphatic rings. The number of hydrogen-bond donors (Lipinski definition) is 2. The molecule has 2 rings (SSSR count). The molecule has 6 heteroatoms. The molecule has 6 nitrogen and oxygen atoms in total. The van der Waals surface area contributed by atoms with Crippen LogP contribution < -0.4 is 10.6 Å². The van der Waals surface area contributed by atoms with Crippen molar-refractivity contribution in [1.82, 2.24) is 10.6 Å². The van der Waals surface area contributed by atoms with Crippen molar-refractivity contribution in [2.75, 3.05) is 7.11 Å². The van der Waals surface area contributed by atoms with E-state index in [0.717, 1.165) is 0 Å². The third-order valence-electron chi connectivity index (χ3n) is 3.17. The fourth-order valence-electron chi connectivity index (χ4n) is 2.10. The van der Waals surface area contributed by atoms with E-state index >= 15 is 0 Å². The van der Waals surface area contributed by atoms with E-state index in [0.29, 0.717) is 18.4 Å². The smallest absolute Gasteiger partial charge is 0.333 e. The van der Waals surface area contributed by atoms with Crippen LogP contribution in [0.25, 0.3) is 0 Å². The first kappa shape index (κ1) is 14.0. The number of ether oxygens (including phenoxy) is 1. The SMILES string of the molecule is COC(=O)C(NC(=O)[C@@H]1CCC(=O)N1)c1ccccc1. The van der Waals surface area contributed by atoms with Gasteiger partial charge in [-0.1, -0.05) is 30.3 Å². The average molecular weight is 276 g/mol. The molecule has 2 N–H and O–H groups in total. The Morgan fingerprint density at radius 1 is 1.35 bits per heavy atom. The predicted molar refractivity (Wildman–Crippen MR) is 70.5 cm³/mol. The van der Waals surface area contributed by atoms with Crippen molar-refractivity contribution >= 4 is 17.8 Å². The second-order valence-corrected chi connectivity index (χ2v) is 4.53. The van der Waals surface area contributed by atoms with E-state index in [1.165, 1.54) is 7.11 Å². The van der Waals surface area contributed by atoms with Gasteiger partial charge < -0.3 is 15.4 Å². The van der Waals surface area contributed by atoms with Crippen molar-refractivity contribution in [3.8, 4) is 0 Å². The predicted octanol–water partition coefficient (Wildman–Crippen LogP) is 0.296. The van der Waals surface area contributed by atoms with Crippen molar-refractivity contribution in [1.29, 1.82) is 0 Å². The van der Waals surface area contributed by atoms with Crippen molar-refractivity contribution in [3.63, 3.8) is 0 Å². The highest BCUT2D eigenvalue weighted by atomic mass is 16.5. The number of carbonyl (C=O) groups is 3. The van der Waals surface area contributed by atoms with Crippen LogP contribution >= 0.6 is 0 Å². The first-order valence-electron chi connectivity index (χ1n) is 6.34. The van der Waals surface area contributed by atoms with Crippen LogP contribution in [0.1, 0.15) is 24.4 Å². The summed E-state index contributed by atoms with van der Waals surface area (Å²) in [4.78, 5) is 35.0. The molecule has 20 heavy (non-hydrogen) atoms. The molecule has 1 aromatic rings. The summed E-state index contributed by atoms with van der Waals surface area (Å²) in [5.74, 6) is -1.08. The molecule has 1 aliphatic heterocycles. The monoisotopic (exact) mass is 276 g/mol. The molecule has 0 aromatic heterocycles. The minimum atomic E-state index is -0.869. The van der Waals surface area contributed by atoms with Crippen LogP contribution in [0, 0.1) is 0 Å². The number of amides is 2. The van der Waals surface area contributed by atoms with Gasteiger partial charge in [0.1, 0.15) is 6.04 Å². The number of hydrogen-bond acceptors (Lipinski definition) is 4. The largest absolute Gasteiger partial charge is 0.467 e.